The molecule has 3 N–H and O–H groups in total. The molecule has 4 aromatic carbocycles. The molecule has 0 bridgehead atoms. The normalized spacial score (nSPS) is 16.8. The van der Waals surface area contributed by atoms with Gasteiger partial charge in [0, 0.05) is 54.4 Å². The SMILES string of the molecule is Cc1c(-c2nc3cc(COC(=O)[C@@H]4CCCN4)c(OC(F)F)cc3o2)cccc1-c1cccc(-c2nc3cc(CN4CC(C)(CN)C4)cc(C#N)c3o2)c1C. The zero-order valence-electron chi connectivity index (χ0n) is 30.7. The number of alkyl halides is 2. The highest BCUT2D eigenvalue weighted by Gasteiger charge is 2.37. The molecule has 4 heterocycles. The third-order valence-corrected chi connectivity index (χ3v) is 10.7. The molecule has 282 valence electrons. The van der Waals surface area contributed by atoms with E-state index in [1.165, 1.54) is 6.07 Å². The second-order valence-corrected chi connectivity index (χ2v) is 14.8. The molecule has 55 heavy (non-hydrogen) atoms. The number of likely N-dealkylation sites (tertiary alicyclic amines) is 1. The van der Waals surface area contributed by atoms with Gasteiger partial charge in [0.25, 0.3) is 0 Å². The van der Waals surface area contributed by atoms with Crippen molar-refractivity contribution >= 4 is 28.2 Å². The molecule has 2 aliphatic heterocycles. The summed E-state index contributed by atoms with van der Waals surface area (Å²) in [6, 6.07) is 20.3. The summed E-state index contributed by atoms with van der Waals surface area (Å²) in [5.41, 5.74) is 14.6. The zero-order valence-corrected chi connectivity index (χ0v) is 30.7. The number of benzene rings is 4. The first-order valence-electron chi connectivity index (χ1n) is 18.3. The smallest absolute Gasteiger partial charge is 0.387 e. The van der Waals surface area contributed by atoms with E-state index >= 15 is 0 Å². The van der Waals surface area contributed by atoms with Gasteiger partial charge in [-0.1, -0.05) is 31.2 Å². The van der Waals surface area contributed by atoms with Crippen molar-refractivity contribution in [3.8, 4) is 45.9 Å². The molecule has 13 heteroatoms. The van der Waals surface area contributed by atoms with Crippen molar-refractivity contribution in [2.75, 3.05) is 26.2 Å². The number of nitrogens with two attached hydrogens (primary N) is 1. The molecule has 0 spiro atoms. The van der Waals surface area contributed by atoms with Crippen LogP contribution in [-0.4, -0.2) is 59.7 Å². The third-order valence-electron chi connectivity index (χ3n) is 10.7. The summed E-state index contributed by atoms with van der Waals surface area (Å²) < 4.78 is 49.5. The number of nitriles is 1. The van der Waals surface area contributed by atoms with Gasteiger partial charge in [-0.3, -0.25) is 9.69 Å². The van der Waals surface area contributed by atoms with E-state index in [1.54, 1.807) is 6.07 Å². The van der Waals surface area contributed by atoms with Crippen LogP contribution in [0.2, 0.25) is 0 Å². The molecule has 8 rings (SSSR count). The van der Waals surface area contributed by atoms with Gasteiger partial charge in [0.15, 0.2) is 11.2 Å². The van der Waals surface area contributed by atoms with E-state index in [9.17, 15) is 18.8 Å². The quantitative estimate of drug-likeness (QED) is 0.126. The van der Waals surface area contributed by atoms with Crippen LogP contribution in [-0.2, 0) is 22.7 Å². The number of nitrogens with zero attached hydrogens (tertiary/aromatic N) is 4. The monoisotopic (exact) mass is 746 g/mol. The van der Waals surface area contributed by atoms with Gasteiger partial charge in [-0.2, -0.15) is 14.0 Å². The van der Waals surface area contributed by atoms with Crippen LogP contribution in [0.1, 0.15) is 47.6 Å². The fourth-order valence-corrected chi connectivity index (χ4v) is 7.80. The topological polar surface area (TPSA) is 153 Å². The zero-order chi connectivity index (χ0) is 38.4. The van der Waals surface area contributed by atoms with Crippen molar-refractivity contribution in [3.05, 3.63) is 88.5 Å². The Bertz CT molecular complexity index is 2470. The van der Waals surface area contributed by atoms with E-state index in [2.05, 4.69) is 23.2 Å². The second kappa shape index (κ2) is 14.5. The van der Waals surface area contributed by atoms with E-state index < -0.39 is 18.6 Å². The highest BCUT2D eigenvalue weighted by molar-refractivity contribution is 5.86. The number of nitrogens with one attached hydrogen (secondary N) is 1. The predicted octanol–water partition coefficient (Wildman–Crippen LogP) is 7.64. The van der Waals surface area contributed by atoms with Gasteiger partial charge in [0.1, 0.15) is 35.5 Å². The largest absolute Gasteiger partial charge is 0.460 e. The number of rotatable bonds is 11. The van der Waals surface area contributed by atoms with Crippen LogP contribution < -0.4 is 15.8 Å². The minimum Gasteiger partial charge on any atom is -0.460 e. The number of oxazole rings is 2. The van der Waals surface area contributed by atoms with Crippen molar-refractivity contribution in [1.82, 2.24) is 20.2 Å². The molecular formula is C42H40F2N6O5. The fraction of sp³-hybridized carbons (Fsp3) is 0.333. The van der Waals surface area contributed by atoms with Crippen molar-refractivity contribution in [1.29, 1.82) is 5.26 Å². The molecule has 2 saturated heterocycles. The van der Waals surface area contributed by atoms with Gasteiger partial charge >= 0.3 is 12.6 Å². The van der Waals surface area contributed by atoms with Gasteiger partial charge in [-0.25, -0.2) is 9.97 Å². The molecule has 0 amide bonds. The van der Waals surface area contributed by atoms with Crippen LogP contribution in [0.3, 0.4) is 0 Å². The maximum atomic E-state index is 13.4. The second-order valence-electron chi connectivity index (χ2n) is 14.8. The molecule has 6 aromatic rings. The number of carbonyl (C=O) groups excluding carboxylic acids is 1. The summed E-state index contributed by atoms with van der Waals surface area (Å²) in [7, 11) is 0. The Kier molecular flexibility index (Phi) is 9.58. The van der Waals surface area contributed by atoms with E-state index in [0.717, 1.165) is 59.4 Å². The van der Waals surface area contributed by atoms with Crippen molar-refractivity contribution in [2.24, 2.45) is 11.1 Å². The molecule has 0 unspecified atom stereocenters. The van der Waals surface area contributed by atoms with Gasteiger partial charge in [0.2, 0.25) is 11.8 Å². The minimum absolute atomic E-state index is 0.124. The highest BCUT2D eigenvalue weighted by Crippen LogP contribution is 2.39. The molecule has 11 nitrogen and oxygen atoms in total. The molecular weight excluding hydrogens is 706 g/mol. The lowest BCUT2D eigenvalue weighted by Gasteiger charge is -2.47. The molecule has 1 atom stereocenters. The van der Waals surface area contributed by atoms with Crippen LogP contribution in [0.4, 0.5) is 8.78 Å². The first kappa shape index (κ1) is 36.3. The molecule has 0 aliphatic carbocycles. The Morgan fingerprint density at radius 1 is 1.02 bits per heavy atom. The number of halogens is 2. The molecule has 0 radical (unpaired) electrons. The number of hydrogen-bond donors (Lipinski definition) is 2. The van der Waals surface area contributed by atoms with Gasteiger partial charge in [0.05, 0.1) is 5.56 Å². The summed E-state index contributed by atoms with van der Waals surface area (Å²) >= 11 is 0. The molecule has 2 fully saturated rings. The van der Waals surface area contributed by atoms with E-state index in [1.807, 2.05) is 62.4 Å². The molecule has 2 aromatic heterocycles. The summed E-state index contributed by atoms with van der Waals surface area (Å²) in [5, 5.41) is 13.1. The summed E-state index contributed by atoms with van der Waals surface area (Å²) in [4.78, 5) is 24.4. The number of fused-ring (bicyclic) bond motifs is 2. The van der Waals surface area contributed by atoms with Crippen molar-refractivity contribution in [2.45, 2.75) is 59.4 Å². The Morgan fingerprint density at radius 2 is 1.69 bits per heavy atom. The maximum absolute atomic E-state index is 13.4. The van der Waals surface area contributed by atoms with Crippen LogP contribution in [0, 0.1) is 30.6 Å². The van der Waals surface area contributed by atoms with E-state index in [-0.39, 0.29) is 28.9 Å². The number of ether oxygens (including phenoxy) is 2. The van der Waals surface area contributed by atoms with E-state index in [0.29, 0.717) is 59.0 Å². The highest BCUT2D eigenvalue weighted by atomic mass is 19.3. The minimum atomic E-state index is -3.09. The summed E-state index contributed by atoms with van der Waals surface area (Å²) in [6.07, 6.45) is 1.51. The number of carbonyl (C=O) groups is 1. The number of esters is 1. The average molecular weight is 747 g/mol. The maximum Gasteiger partial charge on any atom is 0.387 e. The Hall–Kier alpha value is -5.68. The van der Waals surface area contributed by atoms with Gasteiger partial charge < -0.3 is 29.4 Å². The summed E-state index contributed by atoms with van der Waals surface area (Å²) in [6.45, 7) is 6.67. The van der Waals surface area contributed by atoms with Crippen LogP contribution >= 0.6 is 0 Å². The standard InChI is InChI=1S/C42H40F2N6O5/c1-23-28(7-4-9-30(23)38-48-33-15-27(19-52-40(51)32-11-6-12-47-32)35(54-41(43)44)16-36(33)53-38)29-8-5-10-31(24(29)2)39-49-34-14-25(13-26(17-45)37(34)55-39)18-50-21-42(3,20-46)22-50/h4-5,7-10,13-16,32,41,47H,6,11-12,18-22,46H2,1-3H3/t32-/m0/s1. The third kappa shape index (κ3) is 7.04. The lowest BCUT2D eigenvalue weighted by atomic mass is 9.82. The van der Waals surface area contributed by atoms with Crippen LogP contribution in [0.5, 0.6) is 5.75 Å². The lowest BCUT2D eigenvalue weighted by molar-refractivity contribution is -0.147. The first-order valence-corrected chi connectivity index (χ1v) is 18.3. The fourth-order valence-electron chi connectivity index (χ4n) is 7.80. The Morgan fingerprint density at radius 3 is 2.33 bits per heavy atom. The van der Waals surface area contributed by atoms with Crippen LogP contribution in [0.25, 0.3) is 56.2 Å². The molecule has 2 aliphatic rings. The number of aromatic nitrogens is 2. The average Bonchev–Trinajstić information content (AvgIpc) is 3.93. The predicted molar refractivity (Wildman–Crippen MR) is 202 cm³/mol. The van der Waals surface area contributed by atoms with Gasteiger partial charge in [-0.15, -0.1) is 0 Å². The summed E-state index contributed by atoms with van der Waals surface area (Å²) in [5.74, 6) is 0.108. The van der Waals surface area contributed by atoms with E-state index in [4.69, 9.17) is 34.0 Å². The Labute approximate surface area is 316 Å². The van der Waals surface area contributed by atoms with Crippen molar-refractivity contribution in [3.63, 3.8) is 0 Å². The van der Waals surface area contributed by atoms with Crippen molar-refractivity contribution < 1.29 is 31.9 Å². The number of hydrogen-bond acceptors (Lipinski definition) is 11. The molecule has 0 saturated carbocycles. The van der Waals surface area contributed by atoms with Crippen LogP contribution in [0.15, 0.2) is 69.5 Å². The Balaban J connectivity index is 1.09. The van der Waals surface area contributed by atoms with Gasteiger partial charge in [-0.05, 0) is 91.4 Å². The first-order chi connectivity index (χ1) is 26.5. The lowest BCUT2D eigenvalue weighted by Crippen LogP contribution is -2.57.